The van der Waals surface area contributed by atoms with Crippen LogP contribution in [-0.2, 0) is 27.2 Å². The summed E-state index contributed by atoms with van der Waals surface area (Å²) in [6, 6.07) is 0. The molecule has 0 aromatic rings. The van der Waals surface area contributed by atoms with Crippen molar-refractivity contribution in [1.82, 2.24) is 0 Å². The fraction of sp³-hybridized carbons (Fsp3) is 0.903. The van der Waals surface area contributed by atoms with Crippen molar-refractivity contribution in [3.63, 3.8) is 0 Å². The molecule has 0 aromatic heterocycles. The quantitative estimate of drug-likeness (QED) is 0.0264. The van der Waals surface area contributed by atoms with Gasteiger partial charge in [0.15, 0.2) is 0 Å². The molecular formula is C62H127O10P3. The minimum Gasteiger partial charge on any atom is -0.328 e. The van der Waals surface area contributed by atoms with Crippen LogP contribution < -0.4 is 0 Å². The van der Waals surface area contributed by atoms with Gasteiger partial charge in [-0.05, 0) is 109 Å². The standard InChI is InChI=1S/C36H71O3P.C18H37O4P.C8H19O3P/c1-3-5-7-9-11-13-15-17-19-21-23-25-27-29-31-33-35-38-40(37)39-36-34-32-30-28-26-24-22-20-18-16-14-12-10-8-6-4-2;1-2-3-4-5-6-7-8-9-10-11-12-13-14-15-16-17-18-22-23(19,20)21;1-3-5-7-10-12(9)11-8-6-4-2/h17-20,37H,3-16,21-36H2,1-2H3;9-10H,2-8,11-18H2,1H3,(H2,19,20,21);9H,3-8H2,1-2H3/b19-17-,20-18-;10-9-;. The maximum absolute atomic E-state index is 10.5. The van der Waals surface area contributed by atoms with Gasteiger partial charge in [0.05, 0.1) is 33.0 Å². The molecule has 0 aliphatic heterocycles. The highest BCUT2D eigenvalue weighted by atomic mass is 31.2. The highest BCUT2D eigenvalue weighted by Crippen LogP contribution is 2.36. The Morgan fingerprint density at radius 1 is 0.280 bits per heavy atom. The Morgan fingerprint density at radius 3 is 0.693 bits per heavy atom. The molecule has 0 saturated heterocycles. The van der Waals surface area contributed by atoms with Gasteiger partial charge >= 0.3 is 25.0 Å². The molecule has 0 heterocycles. The second-order valence-corrected chi connectivity index (χ2v) is 23.9. The monoisotopic (exact) mass is 1120 g/mol. The van der Waals surface area contributed by atoms with Gasteiger partial charge in [-0.2, -0.15) is 0 Å². The number of hydrogen-bond acceptors (Lipinski definition) is 8. The Balaban J connectivity index is -0.00000123. The minimum atomic E-state index is -4.26. The average Bonchev–Trinajstić information content (AvgIpc) is 3.39. The molecule has 0 amide bonds. The summed E-state index contributed by atoms with van der Waals surface area (Å²) in [4.78, 5) is 36.1. The van der Waals surface area contributed by atoms with Crippen LogP contribution >= 0.6 is 25.0 Å². The first-order chi connectivity index (χ1) is 36.7. The van der Waals surface area contributed by atoms with E-state index < -0.39 is 25.0 Å². The van der Waals surface area contributed by atoms with Crippen molar-refractivity contribution >= 4 is 25.0 Å². The van der Waals surface area contributed by atoms with E-state index in [4.69, 9.17) is 32.8 Å². The Labute approximate surface area is 469 Å². The van der Waals surface area contributed by atoms with Gasteiger partial charge in [0.25, 0.3) is 0 Å². The summed E-state index contributed by atoms with van der Waals surface area (Å²) in [7, 11) is -7.55. The number of rotatable bonds is 59. The third-order valence-corrected chi connectivity index (χ3v) is 15.2. The molecule has 0 aromatic carbocycles. The lowest BCUT2D eigenvalue weighted by molar-refractivity contribution is 0.192. The summed E-state index contributed by atoms with van der Waals surface area (Å²) >= 11 is 0. The Morgan fingerprint density at radius 2 is 0.467 bits per heavy atom. The van der Waals surface area contributed by atoms with Gasteiger partial charge in [-0.25, -0.2) is 4.57 Å². The van der Waals surface area contributed by atoms with E-state index >= 15 is 0 Å². The van der Waals surface area contributed by atoms with Gasteiger partial charge in [0.2, 0.25) is 0 Å². The van der Waals surface area contributed by atoms with Crippen LogP contribution in [0.25, 0.3) is 0 Å². The van der Waals surface area contributed by atoms with Crippen molar-refractivity contribution in [3.05, 3.63) is 36.5 Å². The highest BCUT2D eigenvalue weighted by molar-refractivity contribution is 7.46. The van der Waals surface area contributed by atoms with Crippen LogP contribution in [-0.4, -0.2) is 52.6 Å². The second kappa shape index (κ2) is 72.0. The van der Waals surface area contributed by atoms with E-state index in [1.807, 2.05) is 0 Å². The molecule has 0 unspecified atom stereocenters. The molecule has 450 valence electrons. The first kappa shape index (κ1) is 79.2. The van der Waals surface area contributed by atoms with E-state index in [1.54, 1.807) is 0 Å². The summed E-state index contributed by atoms with van der Waals surface area (Å²) in [5.74, 6) is 0. The van der Waals surface area contributed by atoms with Crippen molar-refractivity contribution in [2.24, 2.45) is 0 Å². The van der Waals surface area contributed by atoms with E-state index in [2.05, 4.69) is 75.6 Å². The predicted octanol–water partition coefficient (Wildman–Crippen LogP) is 22.3. The Kier molecular flexibility index (Phi) is 76.0. The zero-order chi connectivity index (χ0) is 55.5. The first-order valence-corrected chi connectivity index (χ1v) is 35.6. The maximum atomic E-state index is 10.5. The topological polar surface area (TPSA) is 144 Å². The molecule has 0 aliphatic carbocycles. The number of hydrogen-bond donors (Lipinski definition) is 4. The SMILES string of the molecule is CCCCCCCC/C=C\CCCCCCCCOP(=O)(O)O.CCCCCCCC/C=C\CCCCCCCCOP(O)OCCCCCCCC/C=C\CCCCCCCC.CCCCOP(O)OCCCC. The lowest BCUT2D eigenvalue weighted by Crippen LogP contribution is -1.95. The van der Waals surface area contributed by atoms with E-state index in [0.717, 1.165) is 57.8 Å². The van der Waals surface area contributed by atoms with E-state index in [-0.39, 0.29) is 6.61 Å². The molecule has 13 heteroatoms. The lowest BCUT2D eigenvalue weighted by atomic mass is 10.1. The molecule has 10 nitrogen and oxygen atoms in total. The van der Waals surface area contributed by atoms with Crippen molar-refractivity contribution in [3.8, 4) is 0 Å². The van der Waals surface area contributed by atoms with Crippen LogP contribution in [0, 0.1) is 0 Å². The third kappa shape index (κ3) is 82.9. The fourth-order valence-electron chi connectivity index (χ4n) is 8.17. The van der Waals surface area contributed by atoms with E-state index in [0.29, 0.717) is 26.4 Å². The van der Waals surface area contributed by atoms with Gasteiger partial charge in [0.1, 0.15) is 0 Å². The van der Waals surface area contributed by atoms with Crippen LogP contribution in [0.3, 0.4) is 0 Å². The van der Waals surface area contributed by atoms with Gasteiger partial charge in [0, 0.05) is 0 Å². The molecule has 0 fully saturated rings. The Bertz CT molecular complexity index is 1100. The van der Waals surface area contributed by atoms with Crippen molar-refractivity contribution in [2.45, 2.75) is 330 Å². The molecule has 0 rings (SSSR count). The van der Waals surface area contributed by atoms with Crippen molar-refractivity contribution < 1.29 is 46.8 Å². The fourth-order valence-corrected chi connectivity index (χ4v) is 9.82. The molecule has 0 spiro atoms. The van der Waals surface area contributed by atoms with Crippen molar-refractivity contribution in [1.29, 1.82) is 0 Å². The summed E-state index contributed by atoms with van der Waals surface area (Å²) in [6.07, 6.45) is 72.0. The van der Waals surface area contributed by atoms with Gasteiger partial charge in [-0.15, -0.1) is 0 Å². The molecule has 0 saturated carbocycles. The summed E-state index contributed by atoms with van der Waals surface area (Å²) in [5.41, 5.74) is 0. The van der Waals surface area contributed by atoms with Crippen LogP contribution in [0.2, 0.25) is 0 Å². The van der Waals surface area contributed by atoms with Gasteiger partial charge in [-0.3, -0.25) is 4.52 Å². The van der Waals surface area contributed by atoms with Crippen LogP contribution in [0.1, 0.15) is 330 Å². The molecule has 0 atom stereocenters. The van der Waals surface area contributed by atoms with Crippen molar-refractivity contribution in [2.75, 3.05) is 33.0 Å². The van der Waals surface area contributed by atoms with Crippen LogP contribution in [0.15, 0.2) is 36.5 Å². The molecule has 0 aliphatic rings. The van der Waals surface area contributed by atoms with E-state index in [9.17, 15) is 9.46 Å². The number of unbranched alkanes of at least 4 members (excludes halogenated alkanes) is 38. The molecule has 0 bridgehead atoms. The van der Waals surface area contributed by atoms with E-state index in [1.165, 1.54) is 238 Å². The highest BCUT2D eigenvalue weighted by Gasteiger charge is 2.12. The third-order valence-electron chi connectivity index (χ3n) is 13.0. The second-order valence-electron chi connectivity index (χ2n) is 20.7. The first-order valence-electron chi connectivity index (χ1n) is 31.8. The molecule has 75 heavy (non-hydrogen) atoms. The lowest BCUT2D eigenvalue weighted by Gasteiger charge is -2.10. The molecular weight excluding hydrogens is 998 g/mol. The predicted molar refractivity (Wildman–Crippen MR) is 328 cm³/mol. The summed E-state index contributed by atoms with van der Waals surface area (Å²) in [5, 5.41) is 0. The van der Waals surface area contributed by atoms with Crippen LogP contribution in [0.5, 0.6) is 0 Å². The largest absolute Gasteiger partial charge is 0.469 e. The maximum Gasteiger partial charge on any atom is 0.469 e. The summed E-state index contributed by atoms with van der Waals surface area (Å²) in [6.45, 7) is 13.6. The minimum absolute atomic E-state index is 0.158. The Hall–Kier alpha value is -0.0500. The number of allylic oxidation sites excluding steroid dienone is 6. The normalized spacial score (nSPS) is 12.0. The van der Waals surface area contributed by atoms with Gasteiger partial charge in [-0.1, -0.05) is 257 Å². The van der Waals surface area contributed by atoms with Gasteiger partial charge < -0.3 is 37.7 Å². The summed E-state index contributed by atoms with van der Waals surface area (Å²) < 4.78 is 35.9. The zero-order valence-corrected chi connectivity index (χ0v) is 52.8. The molecule has 4 N–H and O–H groups in total. The average molecular weight is 1130 g/mol. The number of phosphoric ester groups is 1. The smallest absolute Gasteiger partial charge is 0.328 e. The number of phosphoric acid groups is 1. The molecule has 0 radical (unpaired) electrons. The van der Waals surface area contributed by atoms with Crippen LogP contribution in [0.4, 0.5) is 0 Å². The zero-order valence-electron chi connectivity index (χ0n) is 50.1.